The molecule has 0 aliphatic carbocycles. The van der Waals surface area contributed by atoms with Gasteiger partial charge in [0.2, 0.25) is 0 Å². The number of nitrogen functional groups attached to an aromatic ring is 1. The summed E-state index contributed by atoms with van der Waals surface area (Å²) < 4.78 is 5.39. The Kier molecular flexibility index (Phi) is 3.81. The second-order valence-corrected chi connectivity index (χ2v) is 5.06. The number of nitrogens with zero attached hydrogens (tertiary/aromatic N) is 3. The van der Waals surface area contributed by atoms with Crippen molar-refractivity contribution in [2.45, 2.75) is 0 Å². The normalized spacial score (nSPS) is 15.1. The Morgan fingerprint density at radius 2 is 1.71 bits per heavy atom. The van der Waals surface area contributed by atoms with E-state index in [1.54, 1.807) is 13.3 Å². The van der Waals surface area contributed by atoms with Crippen molar-refractivity contribution >= 4 is 17.2 Å². The Bertz CT molecular complexity index is 609. The molecule has 5 nitrogen and oxygen atoms in total. The Morgan fingerprint density at radius 1 is 1.00 bits per heavy atom. The molecule has 2 N–H and O–H groups in total. The van der Waals surface area contributed by atoms with E-state index in [0.29, 0.717) is 0 Å². The van der Waals surface area contributed by atoms with Gasteiger partial charge in [0.05, 0.1) is 18.5 Å². The van der Waals surface area contributed by atoms with Crippen LogP contribution in [0, 0.1) is 0 Å². The van der Waals surface area contributed by atoms with Crippen molar-refractivity contribution in [3.8, 4) is 5.75 Å². The Morgan fingerprint density at radius 3 is 2.43 bits per heavy atom. The summed E-state index contributed by atoms with van der Waals surface area (Å²) in [7, 11) is 1.68. The van der Waals surface area contributed by atoms with Crippen LogP contribution in [-0.4, -0.2) is 38.3 Å². The van der Waals surface area contributed by atoms with Crippen molar-refractivity contribution in [2.75, 3.05) is 48.8 Å². The van der Waals surface area contributed by atoms with Crippen molar-refractivity contribution < 1.29 is 4.74 Å². The standard InChI is InChI=1S/C16H20N4O/c1-21-15-7-4-8-18-16(15)20-11-9-19(10-12-20)14-6-3-2-5-13(14)17/h2-8H,9-12,17H2,1H3. The second-order valence-electron chi connectivity index (χ2n) is 5.06. The SMILES string of the molecule is COc1cccnc1N1CCN(c2ccccc2N)CC1. The summed E-state index contributed by atoms with van der Waals surface area (Å²) in [6.45, 7) is 3.66. The van der Waals surface area contributed by atoms with Gasteiger partial charge in [0, 0.05) is 32.4 Å². The first-order valence-electron chi connectivity index (χ1n) is 7.13. The summed E-state index contributed by atoms with van der Waals surface area (Å²) in [6.07, 6.45) is 1.80. The zero-order valence-corrected chi connectivity index (χ0v) is 12.2. The molecule has 1 aromatic carbocycles. The molecule has 3 rings (SSSR count). The molecule has 1 aromatic heterocycles. The van der Waals surface area contributed by atoms with Crippen molar-refractivity contribution in [1.29, 1.82) is 0 Å². The number of rotatable bonds is 3. The molecule has 0 radical (unpaired) electrons. The number of anilines is 3. The number of hydrogen-bond donors (Lipinski definition) is 1. The van der Waals surface area contributed by atoms with Crippen LogP contribution in [0.1, 0.15) is 0 Å². The van der Waals surface area contributed by atoms with Gasteiger partial charge in [-0.3, -0.25) is 0 Å². The third-order valence-electron chi connectivity index (χ3n) is 3.83. The molecule has 0 saturated carbocycles. The van der Waals surface area contributed by atoms with Crippen molar-refractivity contribution in [3.05, 3.63) is 42.6 Å². The Balaban J connectivity index is 1.72. The van der Waals surface area contributed by atoms with Crippen LogP contribution in [0.15, 0.2) is 42.6 Å². The first-order valence-corrected chi connectivity index (χ1v) is 7.13. The minimum Gasteiger partial charge on any atom is -0.493 e. The minimum atomic E-state index is 0.824. The third kappa shape index (κ3) is 2.72. The molecular weight excluding hydrogens is 264 g/mol. The number of hydrogen-bond acceptors (Lipinski definition) is 5. The maximum absolute atomic E-state index is 6.06. The molecule has 0 spiro atoms. The molecule has 2 heterocycles. The van der Waals surface area contributed by atoms with Gasteiger partial charge in [-0.2, -0.15) is 0 Å². The highest BCUT2D eigenvalue weighted by molar-refractivity contribution is 5.68. The van der Waals surface area contributed by atoms with Crippen LogP contribution in [0.4, 0.5) is 17.2 Å². The maximum atomic E-state index is 6.06. The number of methoxy groups -OCH3 is 1. The lowest BCUT2D eigenvalue weighted by atomic mass is 10.2. The van der Waals surface area contributed by atoms with Gasteiger partial charge in [-0.05, 0) is 24.3 Å². The number of piperazine rings is 1. The predicted octanol–water partition coefficient (Wildman–Crippen LogP) is 2.00. The van der Waals surface area contributed by atoms with Gasteiger partial charge >= 0.3 is 0 Å². The largest absolute Gasteiger partial charge is 0.493 e. The quantitative estimate of drug-likeness (QED) is 0.874. The highest BCUT2D eigenvalue weighted by Crippen LogP contribution is 2.28. The maximum Gasteiger partial charge on any atom is 0.171 e. The van der Waals surface area contributed by atoms with Crippen LogP contribution in [0.5, 0.6) is 5.75 Å². The zero-order chi connectivity index (χ0) is 14.7. The van der Waals surface area contributed by atoms with Gasteiger partial charge in [-0.1, -0.05) is 12.1 Å². The number of ether oxygens (including phenoxy) is 1. The van der Waals surface area contributed by atoms with Crippen molar-refractivity contribution in [2.24, 2.45) is 0 Å². The van der Waals surface area contributed by atoms with Crippen LogP contribution in [0.3, 0.4) is 0 Å². The summed E-state index contributed by atoms with van der Waals surface area (Å²) in [5, 5.41) is 0. The molecule has 2 aromatic rings. The summed E-state index contributed by atoms with van der Waals surface area (Å²) in [5.74, 6) is 1.74. The number of nitrogens with two attached hydrogens (primary N) is 1. The lowest BCUT2D eigenvalue weighted by Crippen LogP contribution is -2.47. The second kappa shape index (κ2) is 5.91. The number of para-hydroxylation sites is 2. The number of benzene rings is 1. The van der Waals surface area contributed by atoms with Crippen molar-refractivity contribution in [3.63, 3.8) is 0 Å². The van der Waals surface area contributed by atoms with Crippen LogP contribution in [0.2, 0.25) is 0 Å². The molecule has 1 aliphatic heterocycles. The topological polar surface area (TPSA) is 54.6 Å². The highest BCUT2D eigenvalue weighted by atomic mass is 16.5. The molecule has 5 heteroatoms. The van der Waals surface area contributed by atoms with E-state index in [4.69, 9.17) is 10.5 Å². The lowest BCUT2D eigenvalue weighted by Gasteiger charge is -2.37. The van der Waals surface area contributed by atoms with Gasteiger partial charge in [-0.25, -0.2) is 4.98 Å². The molecule has 0 bridgehead atoms. The fourth-order valence-electron chi connectivity index (χ4n) is 2.71. The van der Waals surface area contributed by atoms with Crippen molar-refractivity contribution in [1.82, 2.24) is 4.98 Å². The first-order chi connectivity index (χ1) is 10.3. The molecule has 110 valence electrons. The summed E-state index contributed by atoms with van der Waals surface area (Å²) in [4.78, 5) is 9.03. The summed E-state index contributed by atoms with van der Waals surface area (Å²) in [6, 6.07) is 11.9. The highest BCUT2D eigenvalue weighted by Gasteiger charge is 2.21. The molecule has 0 unspecified atom stereocenters. The number of aromatic nitrogens is 1. The fourth-order valence-corrected chi connectivity index (χ4v) is 2.71. The molecule has 0 amide bonds. The minimum absolute atomic E-state index is 0.824. The van der Waals surface area contributed by atoms with Crippen LogP contribution in [-0.2, 0) is 0 Å². The Hall–Kier alpha value is -2.43. The van der Waals surface area contributed by atoms with E-state index in [0.717, 1.165) is 49.1 Å². The monoisotopic (exact) mass is 284 g/mol. The lowest BCUT2D eigenvalue weighted by molar-refractivity contribution is 0.411. The van der Waals surface area contributed by atoms with E-state index in [1.165, 1.54) is 0 Å². The van der Waals surface area contributed by atoms with E-state index in [-0.39, 0.29) is 0 Å². The molecule has 21 heavy (non-hydrogen) atoms. The van der Waals surface area contributed by atoms with Crippen LogP contribution >= 0.6 is 0 Å². The first kappa shape index (κ1) is 13.5. The molecule has 1 saturated heterocycles. The van der Waals surface area contributed by atoms with E-state index in [9.17, 15) is 0 Å². The molecule has 0 atom stereocenters. The van der Waals surface area contributed by atoms with Crippen LogP contribution in [0.25, 0.3) is 0 Å². The van der Waals surface area contributed by atoms with E-state index in [2.05, 4.69) is 20.9 Å². The smallest absolute Gasteiger partial charge is 0.171 e. The van der Waals surface area contributed by atoms with Gasteiger partial charge in [-0.15, -0.1) is 0 Å². The summed E-state index contributed by atoms with van der Waals surface area (Å²) >= 11 is 0. The average Bonchev–Trinajstić information content (AvgIpc) is 2.55. The average molecular weight is 284 g/mol. The van der Waals surface area contributed by atoms with Crippen LogP contribution < -0.4 is 20.3 Å². The van der Waals surface area contributed by atoms with E-state index in [1.807, 2.05) is 30.3 Å². The zero-order valence-electron chi connectivity index (χ0n) is 12.2. The predicted molar refractivity (Wildman–Crippen MR) is 86.1 cm³/mol. The van der Waals surface area contributed by atoms with E-state index >= 15 is 0 Å². The summed E-state index contributed by atoms with van der Waals surface area (Å²) in [5.41, 5.74) is 8.01. The van der Waals surface area contributed by atoms with Gasteiger partial charge in [0.25, 0.3) is 0 Å². The molecule has 1 aliphatic rings. The van der Waals surface area contributed by atoms with Gasteiger partial charge in [0.1, 0.15) is 0 Å². The molecule has 1 fully saturated rings. The van der Waals surface area contributed by atoms with E-state index < -0.39 is 0 Å². The Labute approximate surface area is 125 Å². The van der Waals surface area contributed by atoms with Gasteiger partial charge < -0.3 is 20.3 Å². The van der Waals surface area contributed by atoms with Gasteiger partial charge in [0.15, 0.2) is 11.6 Å². The third-order valence-corrected chi connectivity index (χ3v) is 3.83. The molecular formula is C16H20N4O. The number of pyridine rings is 1. The fraction of sp³-hybridized carbons (Fsp3) is 0.312.